The Morgan fingerprint density at radius 2 is 2.11 bits per heavy atom. The lowest BCUT2D eigenvalue weighted by Crippen LogP contribution is -2.34. The van der Waals surface area contributed by atoms with E-state index in [9.17, 15) is 4.79 Å². The quantitative estimate of drug-likeness (QED) is 0.509. The highest BCUT2D eigenvalue weighted by molar-refractivity contribution is 5.94. The van der Waals surface area contributed by atoms with Crippen molar-refractivity contribution >= 4 is 11.6 Å². The molecule has 0 aromatic heterocycles. The largest absolute Gasteiger partial charge is 0.394 e. The summed E-state index contributed by atoms with van der Waals surface area (Å²) in [6, 6.07) is 7.01. The average Bonchev–Trinajstić information content (AvgIpc) is 2.39. The fourth-order valence-electron chi connectivity index (χ4n) is 1.41. The van der Waals surface area contributed by atoms with E-state index in [0.717, 1.165) is 18.7 Å². The molecule has 1 aromatic carbocycles. The van der Waals surface area contributed by atoms with Crippen LogP contribution in [0.15, 0.2) is 36.9 Å². The number of hydrogen-bond acceptors (Lipinski definition) is 3. The lowest BCUT2D eigenvalue weighted by Gasteiger charge is -2.11. The predicted octanol–water partition coefficient (Wildman–Crippen LogP) is 1.79. The molecule has 0 aliphatic rings. The van der Waals surface area contributed by atoms with E-state index in [1.807, 2.05) is 18.2 Å². The highest BCUT2D eigenvalue weighted by Gasteiger charge is 2.08. The van der Waals surface area contributed by atoms with Gasteiger partial charge in [0.1, 0.15) is 0 Å². The van der Waals surface area contributed by atoms with Gasteiger partial charge in [0.2, 0.25) is 0 Å². The molecular weight excluding hydrogens is 228 g/mol. The first kappa shape index (κ1) is 14.3. The van der Waals surface area contributed by atoms with Crippen LogP contribution in [0, 0.1) is 0 Å². The summed E-state index contributed by atoms with van der Waals surface area (Å²) < 4.78 is 0. The molecule has 3 N–H and O–H groups in total. The Morgan fingerprint density at radius 3 is 2.67 bits per heavy atom. The molecule has 0 aliphatic heterocycles. The third kappa shape index (κ3) is 4.59. The fraction of sp³-hybridized carbons (Fsp3) is 0.357. The lowest BCUT2D eigenvalue weighted by atomic mass is 10.2. The van der Waals surface area contributed by atoms with E-state index in [4.69, 9.17) is 5.11 Å². The molecule has 0 saturated carbocycles. The summed E-state index contributed by atoms with van der Waals surface area (Å²) in [5.74, 6) is -0.172. The molecule has 18 heavy (non-hydrogen) atoms. The summed E-state index contributed by atoms with van der Waals surface area (Å²) in [4.78, 5) is 11.7. The van der Waals surface area contributed by atoms with Gasteiger partial charge in [-0.15, -0.1) is 6.58 Å². The fourth-order valence-corrected chi connectivity index (χ4v) is 1.41. The van der Waals surface area contributed by atoms with E-state index in [2.05, 4.69) is 17.2 Å². The van der Waals surface area contributed by atoms with Gasteiger partial charge in [-0.3, -0.25) is 4.79 Å². The van der Waals surface area contributed by atoms with Gasteiger partial charge < -0.3 is 15.7 Å². The van der Waals surface area contributed by atoms with Crippen molar-refractivity contribution < 1.29 is 9.90 Å². The zero-order valence-electron chi connectivity index (χ0n) is 10.6. The third-order valence-corrected chi connectivity index (χ3v) is 2.48. The summed E-state index contributed by atoms with van der Waals surface area (Å²) >= 11 is 0. The van der Waals surface area contributed by atoms with Gasteiger partial charge in [-0.05, 0) is 37.6 Å². The third-order valence-electron chi connectivity index (χ3n) is 2.48. The molecule has 1 amide bonds. The van der Waals surface area contributed by atoms with Crippen molar-refractivity contribution in [1.82, 2.24) is 5.32 Å². The van der Waals surface area contributed by atoms with Crippen molar-refractivity contribution in [1.29, 1.82) is 0 Å². The minimum absolute atomic E-state index is 0.0626. The van der Waals surface area contributed by atoms with Crippen molar-refractivity contribution in [2.24, 2.45) is 0 Å². The number of hydrogen-bond donors (Lipinski definition) is 3. The van der Waals surface area contributed by atoms with E-state index >= 15 is 0 Å². The van der Waals surface area contributed by atoms with Crippen LogP contribution in [-0.4, -0.2) is 30.2 Å². The molecule has 0 heterocycles. The molecule has 98 valence electrons. The van der Waals surface area contributed by atoms with Crippen LogP contribution in [0.1, 0.15) is 23.7 Å². The van der Waals surface area contributed by atoms with Gasteiger partial charge in [0.05, 0.1) is 6.61 Å². The SMILES string of the molecule is C=CCCNc1ccc(C(=O)NC(C)CO)cc1. The van der Waals surface area contributed by atoms with E-state index in [-0.39, 0.29) is 18.6 Å². The molecule has 1 rings (SSSR count). The topological polar surface area (TPSA) is 61.4 Å². The van der Waals surface area contributed by atoms with Crippen LogP contribution in [-0.2, 0) is 0 Å². The Hall–Kier alpha value is -1.81. The number of carbonyl (C=O) groups is 1. The molecule has 1 unspecified atom stereocenters. The van der Waals surface area contributed by atoms with E-state index in [1.165, 1.54) is 0 Å². The van der Waals surface area contributed by atoms with Crippen LogP contribution in [0.25, 0.3) is 0 Å². The molecule has 4 nitrogen and oxygen atoms in total. The Kier molecular flexibility index (Phi) is 5.94. The zero-order valence-corrected chi connectivity index (χ0v) is 10.6. The van der Waals surface area contributed by atoms with Crippen molar-refractivity contribution in [2.75, 3.05) is 18.5 Å². The normalized spacial score (nSPS) is 11.7. The zero-order chi connectivity index (χ0) is 13.4. The second kappa shape index (κ2) is 7.50. The molecule has 0 bridgehead atoms. The highest BCUT2D eigenvalue weighted by atomic mass is 16.3. The van der Waals surface area contributed by atoms with Gasteiger partial charge in [-0.1, -0.05) is 6.08 Å². The predicted molar refractivity (Wildman–Crippen MR) is 73.8 cm³/mol. The highest BCUT2D eigenvalue weighted by Crippen LogP contribution is 2.09. The Balaban J connectivity index is 2.53. The molecule has 0 saturated heterocycles. The van der Waals surface area contributed by atoms with Gasteiger partial charge in [0, 0.05) is 23.8 Å². The van der Waals surface area contributed by atoms with Crippen LogP contribution >= 0.6 is 0 Å². The number of amides is 1. The van der Waals surface area contributed by atoms with Crippen LogP contribution in [0.4, 0.5) is 5.69 Å². The first-order valence-corrected chi connectivity index (χ1v) is 6.04. The minimum Gasteiger partial charge on any atom is -0.394 e. The molecule has 1 aromatic rings. The Morgan fingerprint density at radius 1 is 1.44 bits per heavy atom. The van der Waals surface area contributed by atoms with Crippen molar-refractivity contribution in [3.8, 4) is 0 Å². The molecule has 0 spiro atoms. The number of anilines is 1. The van der Waals surface area contributed by atoms with Crippen molar-refractivity contribution in [2.45, 2.75) is 19.4 Å². The van der Waals surface area contributed by atoms with Crippen LogP contribution in [0.5, 0.6) is 0 Å². The Labute approximate surface area is 108 Å². The number of carbonyl (C=O) groups excluding carboxylic acids is 1. The van der Waals surface area contributed by atoms with E-state index in [0.29, 0.717) is 5.56 Å². The van der Waals surface area contributed by atoms with E-state index < -0.39 is 0 Å². The molecule has 0 radical (unpaired) electrons. The number of aliphatic hydroxyl groups is 1. The monoisotopic (exact) mass is 248 g/mol. The summed E-state index contributed by atoms with van der Waals surface area (Å²) in [6.07, 6.45) is 2.75. The number of aliphatic hydroxyl groups excluding tert-OH is 1. The molecule has 1 atom stereocenters. The number of rotatable bonds is 7. The number of nitrogens with one attached hydrogen (secondary N) is 2. The van der Waals surface area contributed by atoms with Gasteiger partial charge >= 0.3 is 0 Å². The van der Waals surface area contributed by atoms with Gasteiger partial charge in [-0.25, -0.2) is 0 Å². The van der Waals surface area contributed by atoms with Gasteiger partial charge in [-0.2, -0.15) is 0 Å². The second-order valence-corrected chi connectivity index (χ2v) is 4.14. The Bertz CT molecular complexity index is 387. The molecular formula is C14H20N2O2. The first-order valence-electron chi connectivity index (χ1n) is 6.04. The standard InChI is InChI=1S/C14H20N2O2/c1-3-4-9-15-13-7-5-12(6-8-13)14(18)16-11(2)10-17/h3,5-8,11,15,17H,1,4,9-10H2,2H3,(H,16,18). The lowest BCUT2D eigenvalue weighted by molar-refractivity contribution is 0.0922. The summed E-state index contributed by atoms with van der Waals surface area (Å²) in [6.45, 7) is 6.17. The van der Waals surface area contributed by atoms with Gasteiger partial charge in [0.25, 0.3) is 5.91 Å². The van der Waals surface area contributed by atoms with Crippen LogP contribution in [0.2, 0.25) is 0 Å². The van der Waals surface area contributed by atoms with E-state index in [1.54, 1.807) is 19.1 Å². The minimum atomic E-state index is -0.233. The maximum absolute atomic E-state index is 11.7. The van der Waals surface area contributed by atoms with Crippen molar-refractivity contribution in [3.05, 3.63) is 42.5 Å². The van der Waals surface area contributed by atoms with Crippen LogP contribution in [0.3, 0.4) is 0 Å². The maximum Gasteiger partial charge on any atom is 0.251 e. The first-order chi connectivity index (χ1) is 8.67. The number of benzene rings is 1. The maximum atomic E-state index is 11.7. The van der Waals surface area contributed by atoms with Crippen molar-refractivity contribution in [3.63, 3.8) is 0 Å². The molecule has 0 fully saturated rings. The smallest absolute Gasteiger partial charge is 0.251 e. The molecule has 0 aliphatic carbocycles. The average molecular weight is 248 g/mol. The summed E-state index contributed by atoms with van der Waals surface area (Å²) in [5, 5.41) is 14.8. The van der Waals surface area contributed by atoms with Gasteiger partial charge in [0.15, 0.2) is 0 Å². The second-order valence-electron chi connectivity index (χ2n) is 4.14. The summed E-state index contributed by atoms with van der Waals surface area (Å²) in [5.41, 5.74) is 1.56. The van der Waals surface area contributed by atoms with Crippen LogP contribution < -0.4 is 10.6 Å². The summed E-state index contributed by atoms with van der Waals surface area (Å²) in [7, 11) is 0. The molecule has 4 heteroatoms.